The molecule has 0 aliphatic heterocycles. The summed E-state index contributed by atoms with van der Waals surface area (Å²) in [7, 11) is 0. The second-order valence-corrected chi connectivity index (χ2v) is 5.10. The van der Waals surface area contributed by atoms with Crippen molar-refractivity contribution in [1.29, 1.82) is 0 Å². The van der Waals surface area contributed by atoms with E-state index in [2.05, 4.69) is 40.7 Å². The summed E-state index contributed by atoms with van der Waals surface area (Å²) in [5, 5.41) is 0. The highest BCUT2D eigenvalue weighted by atomic mass is 14.4. The molecule has 0 spiro atoms. The van der Waals surface area contributed by atoms with Gasteiger partial charge >= 0.3 is 0 Å². The molecule has 11 heavy (non-hydrogen) atoms. The van der Waals surface area contributed by atoms with Crippen molar-refractivity contribution in [2.24, 2.45) is 10.8 Å². The summed E-state index contributed by atoms with van der Waals surface area (Å²) in [6.45, 7) is 11.7. The molecule has 0 radical (unpaired) electrons. The van der Waals surface area contributed by atoms with Gasteiger partial charge in [-0.05, 0) is 30.6 Å². The quantitative estimate of drug-likeness (QED) is 0.463. The Morgan fingerprint density at radius 3 is 2.09 bits per heavy atom. The van der Waals surface area contributed by atoms with Gasteiger partial charge in [0.05, 0.1) is 0 Å². The second-order valence-electron chi connectivity index (χ2n) is 5.10. The van der Waals surface area contributed by atoms with Crippen LogP contribution in [0.1, 0.15) is 47.5 Å². The van der Waals surface area contributed by atoms with Crippen LogP contribution in [-0.2, 0) is 0 Å². The lowest BCUT2D eigenvalue weighted by molar-refractivity contribution is 0.138. The zero-order valence-corrected chi connectivity index (χ0v) is 8.49. The standard InChI is InChI=1S/C11H20/c1-9-6-7-10(2,3)11(4,5)8-9/h8H,6-7H2,1-5H3. The third-order valence-electron chi connectivity index (χ3n) is 3.50. The third-order valence-corrected chi connectivity index (χ3v) is 3.50. The molecule has 0 heterocycles. The maximum Gasteiger partial charge on any atom is -0.0121 e. The summed E-state index contributed by atoms with van der Waals surface area (Å²) < 4.78 is 0. The van der Waals surface area contributed by atoms with Crippen LogP contribution in [0, 0.1) is 10.8 Å². The van der Waals surface area contributed by atoms with E-state index in [-0.39, 0.29) is 0 Å². The van der Waals surface area contributed by atoms with Crippen molar-refractivity contribution in [3.05, 3.63) is 11.6 Å². The van der Waals surface area contributed by atoms with E-state index in [1.165, 1.54) is 12.8 Å². The molecule has 64 valence electrons. The van der Waals surface area contributed by atoms with Crippen LogP contribution < -0.4 is 0 Å². The van der Waals surface area contributed by atoms with Gasteiger partial charge in [0.15, 0.2) is 0 Å². The molecule has 0 unspecified atom stereocenters. The molecule has 0 N–H and O–H groups in total. The van der Waals surface area contributed by atoms with E-state index in [9.17, 15) is 0 Å². The van der Waals surface area contributed by atoms with E-state index in [0.717, 1.165) is 0 Å². The van der Waals surface area contributed by atoms with Gasteiger partial charge < -0.3 is 0 Å². The van der Waals surface area contributed by atoms with Gasteiger partial charge in [0.2, 0.25) is 0 Å². The van der Waals surface area contributed by atoms with E-state index in [1.807, 2.05) is 0 Å². The van der Waals surface area contributed by atoms with Crippen molar-refractivity contribution in [3.63, 3.8) is 0 Å². The molecule has 0 aromatic rings. The molecule has 0 amide bonds. The molecule has 0 fully saturated rings. The monoisotopic (exact) mass is 152 g/mol. The minimum absolute atomic E-state index is 0.384. The zero-order valence-electron chi connectivity index (χ0n) is 8.49. The van der Waals surface area contributed by atoms with Gasteiger partial charge in [0.25, 0.3) is 0 Å². The Labute approximate surface area is 70.7 Å². The molecule has 1 aliphatic carbocycles. The molecule has 0 saturated carbocycles. The fraction of sp³-hybridized carbons (Fsp3) is 0.818. The van der Waals surface area contributed by atoms with Crippen LogP contribution in [0.5, 0.6) is 0 Å². The summed E-state index contributed by atoms with van der Waals surface area (Å²) in [5.74, 6) is 0. The summed E-state index contributed by atoms with van der Waals surface area (Å²) >= 11 is 0. The van der Waals surface area contributed by atoms with Gasteiger partial charge in [-0.15, -0.1) is 0 Å². The minimum Gasteiger partial charge on any atom is -0.0794 e. The van der Waals surface area contributed by atoms with E-state index in [4.69, 9.17) is 0 Å². The fourth-order valence-corrected chi connectivity index (χ4v) is 1.72. The Balaban J connectivity index is 2.95. The highest BCUT2D eigenvalue weighted by Gasteiger charge is 2.37. The average Bonchev–Trinajstić information content (AvgIpc) is 1.80. The largest absolute Gasteiger partial charge is 0.0794 e. The van der Waals surface area contributed by atoms with Crippen molar-refractivity contribution >= 4 is 0 Å². The fourth-order valence-electron chi connectivity index (χ4n) is 1.72. The molecule has 1 aliphatic rings. The topological polar surface area (TPSA) is 0 Å². The predicted octanol–water partition coefficient (Wildman–Crippen LogP) is 3.78. The normalized spacial score (nSPS) is 27.9. The summed E-state index contributed by atoms with van der Waals surface area (Å²) in [5.41, 5.74) is 2.43. The number of hydrogen-bond acceptors (Lipinski definition) is 0. The van der Waals surface area contributed by atoms with Crippen molar-refractivity contribution in [1.82, 2.24) is 0 Å². The van der Waals surface area contributed by atoms with Crippen molar-refractivity contribution in [2.75, 3.05) is 0 Å². The number of hydrogen-bond donors (Lipinski definition) is 0. The van der Waals surface area contributed by atoms with E-state index in [1.54, 1.807) is 5.57 Å². The van der Waals surface area contributed by atoms with Crippen molar-refractivity contribution in [2.45, 2.75) is 47.5 Å². The average molecular weight is 152 g/mol. The van der Waals surface area contributed by atoms with Gasteiger partial charge in [0, 0.05) is 0 Å². The Bertz CT molecular complexity index is 182. The first kappa shape index (κ1) is 8.83. The lowest BCUT2D eigenvalue weighted by Gasteiger charge is -2.43. The van der Waals surface area contributed by atoms with Crippen LogP contribution >= 0.6 is 0 Å². The molecular formula is C11H20. The first-order valence-electron chi connectivity index (χ1n) is 4.53. The SMILES string of the molecule is CC1=CC(C)(C)C(C)(C)CC1. The van der Waals surface area contributed by atoms with Crippen LogP contribution in [-0.4, -0.2) is 0 Å². The highest BCUT2D eigenvalue weighted by molar-refractivity contribution is 5.14. The van der Waals surface area contributed by atoms with E-state index in [0.29, 0.717) is 10.8 Å². The summed E-state index contributed by atoms with van der Waals surface area (Å²) in [4.78, 5) is 0. The number of rotatable bonds is 0. The molecular weight excluding hydrogens is 132 g/mol. The highest BCUT2D eigenvalue weighted by Crippen LogP contribution is 2.47. The summed E-state index contributed by atoms with van der Waals surface area (Å²) in [6.07, 6.45) is 5.06. The Morgan fingerprint density at radius 1 is 1.18 bits per heavy atom. The molecule has 0 nitrogen and oxygen atoms in total. The molecule has 1 rings (SSSR count). The van der Waals surface area contributed by atoms with Crippen molar-refractivity contribution < 1.29 is 0 Å². The van der Waals surface area contributed by atoms with Gasteiger partial charge in [-0.1, -0.05) is 39.3 Å². The van der Waals surface area contributed by atoms with Crippen LogP contribution in [0.3, 0.4) is 0 Å². The van der Waals surface area contributed by atoms with Crippen LogP contribution in [0.4, 0.5) is 0 Å². The van der Waals surface area contributed by atoms with E-state index >= 15 is 0 Å². The Morgan fingerprint density at radius 2 is 1.73 bits per heavy atom. The smallest absolute Gasteiger partial charge is 0.0121 e. The Hall–Kier alpha value is -0.260. The second kappa shape index (κ2) is 2.36. The molecule has 0 atom stereocenters. The van der Waals surface area contributed by atoms with Gasteiger partial charge in [-0.2, -0.15) is 0 Å². The molecule has 0 heteroatoms. The lowest BCUT2D eigenvalue weighted by Crippen LogP contribution is -2.33. The van der Waals surface area contributed by atoms with Gasteiger partial charge in [0.1, 0.15) is 0 Å². The van der Waals surface area contributed by atoms with Crippen LogP contribution in [0.2, 0.25) is 0 Å². The summed E-state index contributed by atoms with van der Waals surface area (Å²) in [6, 6.07) is 0. The molecule has 0 aromatic heterocycles. The van der Waals surface area contributed by atoms with Gasteiger partial charge in [-0.25, -0.2) is 0 Å². The first-order chi connectivity index (χ1) is 4.85. The van der Waals surface area contributed by atoms with Crippen LogP contribution in [0.15, 0.2) is 11.6 Å². The maximum absolute atomic E-state index is 2.44. The zero-order chi connectivity index (χ0) is 8.70. The van der Waals surface area contributed by atoms with Gasteiger partial charge in [-0.3, -0.25) is 0 Å². The maximum atomic E-state index is 2.44. The number of allylic oxidation sites excluding steroid dienone is 2. The van der Waals surface area contributed by atoms with Crippen LogP contribution in [0.25, 0.3) is 0 Å². The molecule has 0 saturated heterocycles. The minimum atomic E-state index is 0.384. The molecule has 0 bridgehead atoms. The molecule has 0 aromatic carbocycles. The first-order valence-corrected chi connectivity index (χ1v) is 4.53. The lowest BCUT2D eigenvalue weighted by atomic mass is 9.62. The third kappa shape index (κ3) is 1.50. The Kier molecular flexibility index (Phi) is 1.90. The predicted molar refractivity (Wildman–Crippen MR) is 50.6 cm³/mol. The van der Waals surface area contributed by atoms with E-state index < -0.39 is 0 Å². The van der Waals surface area contributed by atoms with Crippen molar-refractivity contribution in [3.8, 4) is 0 Å².